The number of aromatic amines is 1. The van der Waals surface area contributed by atoms with Crippen LogP contribution in [0.3, 0.4) is 0 Å². The van der Waals surface area contributed by atoms with Gasteiger partial charge in [-0.15, -0.1) is 6.58 Å². The SMILES string of the molecule is C=CCN(C(=O)c1ccc2[nH]c(C)c(C)c2c1)c1ccccc1. The summed E-state index contributed by atoms with van der Waals surface area (Å²) in [7, 11) is 0. The number of amides is 1. The Hall–Kier alpha value is -2.81. The highest BCUT2D eigenvalue weighted by Crippen LogP contribution is 2.24. The topological polar surface area (TPSA) is 36.1 Å². The van der Waals surface area contributed by atoms with Gasteiger partial charge in [0.1, 0.15) is 0 Å². The van der Waals surface area contributed by atoms with E-state index in [1.54, 1.807) is 11.0 Å². The third-order valence-electron chi connectivity index (χ3n) is 4.18. The maximum atomic E-state index is 13.0. The quantitative estimate of drug-likeness (QED) is 0.702. The van der Waals surface area contributed by atoms with Gasteiger partial charge in [0.05, 0.1) is 0 Å². The first-order chi connectivity index (χ1) is 11.1. The molecule has 1 amide bonds. The molecule has 0 saturated heterocycles. The molecule has 0 aliphatic heterocycles. The average molecular weight is 304 g/mol. The van der Waals surface area contributed by atoms with Gasteiger partial charge in [-0.3, -0.25) is 4.79 Å². The summed E-state index contributed by atoms with van der Waals surface area (Å²) in [6.07, 6.45) is 1.75. The molecule has 0 bridgehead atoms. The summed E-state index contributed by atoms with van der Waals surface area (Å²) in [6, 6.07) is 15.5. The van der Waals surface area contributed by atoms with Gasteiger partial charge in [0.15, 0.2) is 0 Å². The van der Waals surface area contributed by atoms with Crippen LogP contribution < -0.4 is 4.90 Å². The molecular formula is C20H20N2O. The maximum absolute atomic E-state index is 13.0. The zero-order chi connectivity index (χ0) is 16.4. The molecule has 0 radical (unpaired) electrons. The van der Waals surface area contributed by atoms with Crippen molar-refractivity contribution in [3.8, 4) is 0 Å². The molecule has 0 saturated carbocycles. The second-order valence-electron chi connectivity index (χ2n) is 5.68. The zero-order valence-electron chi connectivity index (χ0n) is 13.5. The summed E-state index contributed by atoms with van der Waals surface area (Å²) in [5.41, 5.74) is 4.94. The van der Waals surface area contributed by atoms with Crippen LogP contribution in [0.2, 0.25) is 0 Å². The number of para-hydroxylation sites is 1. The minimum atomic E-state index is -0.0174. The highest BCUT2D eigenvalue weighted by molar-refractivity contribution is 6.08. The van der Waals surface area contributed by atoms with E-state index in [0.717, 1.165) is 22.3 Å². The van der Waals surface area contributed by atoms with Crippen LogP contribution in [-0.2, 0) is 0 Å². The van der Waals surface area contributed by atoms with Gasteiger partial charge in [0, 0.05) is 34.4 Å². The van der Waals surface area contributed by atoms with E-state index in [1.807, 2.05) is 55.5 Å². The van der Waals surface area contributed by atoms with Crippen LogP contribution in [0.25, 0.3) is 10.9 Å². The molecule has 3 aromatic rings. The molecule has 0 aliphatic carbocycles. The molecule has 0 unspecified atom stereocenters. The van der Waals surface area contributed by atoms with Crippen molar-refractivity contribution in [3.05, 3.63) is 78.0 Å². The van der Waals surface area contributed by atoms with Gasteiger partial charge in [0.2, 0.25) is 0 Å². The standard InChI is InChI=1S/C20H20N2O/c1-4-12-22(17-8-6-5-7-9-17)20(23)16-10-11-19-18(13-16)14(2)15(3)21-19/h4-11,13,21H,1,12H2,2-3H3. The molecule has 1 N–H and O–H groups in total. The van der Waals surface area contributed by atoms with Crippen LogP contribution >= 0.6 is 0 Å². The molecule has 1 heterocycles. The molecule has 23 heavy (non-hydrogen) atoms. The maximum Gasteiger partial charge on any atom is 0.258 e. The van der Waals surface area contributed by atoms with Crippen molar-refractivity contribution in [2.75, 3.05) is 11.4 Å². The van der Waals surface area contributed by atoms with Crippen LogP contribution in [0.5, 0.6) is 0 Å². The summed E-state index contributed by atoms with van der Waals surface area (Å²) < 4.78 is 0. The van der Waals surface area contributed by atoms with Gasteiger partial charge >= 0.3 is 0 Å². The number of anilines is 1. The number of benzene rings is 2. The summed E-state index contributed by atoms with van der Waals surface area (Å²) in [6.45, 7) is 8.37. The van der Waals surface area contributed by atoms with Crippen molar-refractivity contribution in [2.24, 2.45) is 0 Å². The van der Waals surface area contributed by atoms with Gasteiger partial charge in [-0.2, -0.15) is 0 Å². The highest BCUT2D eigenvalue weighted by Gasteiger charge is 2.17. The second-order valence-corrected chi connectivity index (χ2v) is 5.68. The van der Waals surface area contributed by atoms with Crippen LogP contribution in [0, 0.1) is 13.8 Å². The smallest absolute Gasteiger partial charge is 0.258 e. The molecule has 0 atom stereocenters. The lowest BCUT2D eigenvalue weighted by molar-refractivity contribution is 0.0990. The fraction of sp³-hybridized carbons (Fsp3) is 0.150. The normalized spacial score (nSPS) is 10.7. The van der Waals surface area contributed by atoms with Crippen molar-refractivity contribution in [3.63, 3.8) is 0 Å². The van der Waals surface area contributed by atoms with Gasteiger partial charge in [-0.1, -0.05) is 24.3 Å². The first-order valence-corrected chi connectivity index (χ1v) is 7.68. The minimum absolute atomic E-state index is 0.0174. The Morgan fingerprint density at radius 1 is 1.17 bits per heavy atom. The molecule has 0 spiro atoms. The number of rotatable bonds is 4. The lowest BCUT2D eigenvalue weighted by atomic mass is 10.1. The monoisotopic (exact) mass is 304 g/mol. The third kappa shape index (κ3) is 2.78. The number of hydrogen-bond donors (Lipinski definition) is 1. The van der Waals surface area contributed by atoms with Crippen LogP contribution in [0.4, 0.5) is 5.69 Å². The molecule has 0 fully saturated rings. The molecule has 3 nitrogen and oxygen atoms in total. The number of aryl methyl sites for hydroxylation is 2. The Balaban J connectivity index is 2.03. The molecule has 3 rings (SSSR count). The lowest BCUT2D eigenvalue weighted by Gasteiger charge is -2.21. The Kier molecular flexibility index (Phi) is 4.02. The number of carbonyl (C=O) groups is 1. The van der Waals surface area contributed by atoms with E-state index >= 15 is 0 Å². The van der Waals surface area contributed by atoms with Crippen molar-refractivity contribution < 1.29 is 4.79 Å². The Labute approximate surface area is 136 Å². The van der Waals surface area contributed by atoms with Crippen LogP contribution in [0.1, 0.15) is 21.6 Å². The molecule has 3 heteroatoms. The van der Waals surface area contributed by atoms with Crippen molar-refractivity contribution in [1.82, 2.24) is 4.98 Å². The van der Waals surface area contributed by atoms with E-state index in [4.69, 9.17) is 0 Å². The fourth-order valence-electron chi connectivity index (χ4n) is 2.79. The zero-order valence-corrected chi connectivity index (χ0v) is 13.5. The van der Waals surface area contributed by atoms with E-state index in [9.17, 15) is 4.79 Å². The molecular weight excluding hydrogens is 284 g/mol. The number of fused-ring (bicyclic) bond motifs is 1. The largest absolute Gasteiger partial charge is 0.358 e. The van der Waals surface area contributed by atoms with Gasteiger partial charge < -0.3 is 9.88 Å². The third-order valence-corrected chi connectivity index (χ3v) is 4.18. The second kappa shape index (κ2) is 6.13. The van der Waals surface area contributed by atoms with E-state index in [2.05, 4.69) is 18.5 Å². The van der Waals surface area contributed by atoms with E-state index in [0.29, 0.717) is 12.1 Å². The van der Waals surface area contributed by atoms with Gasteiger partial charge in [-0.05, 0) is 49.7 Å². The van der Waals surface area contributed by atoms with Crippen molar-refractivity contribution >= 4 is 22.5 Å². The van der Waals surface area contributed by atoms with Gasteiger partial charge in [0.25, 0.3) is 5.91 Å². The first-order valence-electron chi connectivity index (χ1n) is 7.68. The number of H-pyrrole nitrogens is 1. The molecule has 116 valence electrons. The van der Waals surface area contributed by atoms with Crippen LogP contribution in [-0.4, -0.2) is 17.4 Å². The van der Waals surface area contributed by atoms with Gasteiger partial charge in [-0.25, -0.2) is 0 Å². The Bertz CT molecular complexity index is 862. The van der Waals surface area contributed by atoms with Crippen molar-refractivity contribution in [2.45, 2.75) is 13.8 Å². The predicted molar refractivity (Wildman–Crippen MR) is 96.1 cm³/mol. The number of nitrogens with zero attached hydrogens (tertiary/aromatic N) is 1. The molecule has 1 aromatic heterocycles. The fourth-order valence-corrected chi connectivity index (χ4v) is 2.79. The lowest BCUT2D eigenvalue weighted by Crippen LogP contribution is -2.30. The first kappa shape index (κ1) is 15.1. The summed E-state index contributed by atoms with van der Waals surface area (Å²) in [4.78, 5) is 18.0. The summed E-state index contributed by atoms with van der Waals surface area (Å²) >= 11 is 0. The highest BCUT2D eigenvalue weighted by atomic mass is 16.2. The molecule has 0 aliphatic rings. The van der Waals surface area contributed by atoms with Crippen LogP contribution in [0.15, 0.2) is 61.2 Å². The Morgan fingerprint density at radius 2 is 1.91 bits per heavy atom. The van der Waals surface area contributed by atoms with E-state index in [-0.39, 0.29) is 5.91 Å². The Morgan fingerprint density at radius 3 is 2.61 bits per heavy atom. The average Bonchev–Trinajstić information content (AvgIpc) is 2.87. The van der Waals surface area contributed by atoms with E-state index < -0.39 is 0 Å². The number of carbonyl (C=O) groups excluding carboxylic acids is 1. The van der Waals surface area contributed by atoms with Crippen molar-refractivity contribution in [1.29, 1.82) is 0 Å². The number of nitrogens with one attached hydrogen (secondary N) is 1. The molecule has 2 aromatic carbocycles. The summed E-state index contributed by atoms with van der Waals surface area (Å²) in [5, 5.41) is 1.10. The number of hydrogen-bond acceptors (Lipinski definition) is 1. The van der Waals surface area contributed by atoms with E-state index in [1.165, 1.54) is 5.56 Å². The predicted octanol–water partition coefficient (Wildman–Crippen LogP) is 4.62. The number of aromatic nitrogens is 1. The minimum Gasteiger partial charge on any atom is -0.358 e. The summed E-state index contributed by atoms with van der Waals surface area (Å²) in [5.74, 6) is -0.0174.